The Morgan fingerprint density at radius 2 is 0.917 bits per heavy atom. The third-order valence-corrected chi connectivity index (χ3v) is 12.1. The fourth-order valence-electron chi connectivity index (χ4n) is 8.26. The first-order chi connectivity index (χ1) is 29.2. The molecule has 3 amide bonds. The molecule has 0 aliphatic carbocycles. The largest absolute Gasteiger partial charge is 0.481 e. The fourth-order valence-corrected chi connectivity index (χ4v) is 8.26. The molecule has 0 unspecified atom stereocenters. The van der Waals surface area contributed by atoms with E-state index < -0.39 is 61.5 Å². The molecule has 1 rings (SSSR count). The van der Waals surface area contributed by atoms with Crippen LogP contribution in [0.2, 0.25) is 0 Å². The van der Waals surface area contributed by atoms with Crippen LogP contribution >= 0.6 is 0 Å². The van der Waals surface area contributed by atoms with E-state index in [0.717, 1.165) is 38.5 Å². The molecule has 0 saturated carbocycles. The second-order valence-corrected chi connectivity index (χ2v) is 17.6. The monoisotopic (exact) mass is 854 g/mol. The predicted molar refractivity (Wildman–Crippen MR) is 240 cm³/mol. The Morgan fingerprint density at radius 1 is 0.517 bits per heavy atom. The average molecular weight is 854 g/mol. The highest BCUT2D eigenvalue weighted by atomic mass is 16.5. The van der Waals surface area contributed by atoms with Crippen molar-refractivity contribution in [1.29, 1.82) is 0 Å². The summed E-state index contributed by atoms with van der Waals surface area (Å²) < 4.78 is 6.09. The van der Waals surface area contributed by atoms with Crippen LogP contribution in [0.4, 0.5) is 0 Å². The number of nitrogens with zero attached hydrogens (tertiary/aromatic N) is 1. The molecule has 0 aromatic heterocycles. The van der Waals surface area contributed by atoms with Gasteiger partial charge >= 0.3 is 5.97 Å². The molecule has 1 heterocycles. The van der Waals surface area contributed by atoms with Crippen molar-refractivity contribution in [3.8, 4) is 0 Å². The van der Waals surface area contributed by atoms with Crippen LogP contribution in [0.3, 0.4) is 0 Å². The second kappa shape index (κ2) is 38.4. The van der Waals surface area contributed by atoms with Crippen molar-refractivity contribution in [2.24, 2.45) is 0 Å². The smallest absolute Gasteiger partial charge is 0.303 e. The molecule has 0 aromatic carbocycles. The van der Waals surface area contributed by atoms with Gasteiger partial charge in [-0.2, -0.15) is 0 Å². The van der Waals surface area contributed by atoms with Crippen molar-refractivity contribution in [2.75, 3.05) is 19.7 Å². The van der Waals surface area contributed by atoms with Crippen LogP contribution in [0.25, 0.3) is 0 Å². The van der Waals surface area contributed by atoms with Crippen molar-refractivity contribution in [2.45, 2.75) is 263 Å². The summed E-state index contributed by atoms with van der Waals surface area (Å²) in [6, 6.07) is -1.22. The van der Waals surface area contributed by atoms with E-state index in [1.165, 1.54) is 148 Å². The van der Waals surface area contributed by atoms with Crippen molar-refractivity contribution in [1.82, 2.24) is 15.5 Å². The molecule has 12 heteroatoms. The third-order valence-electron chi connectivity index (χ3n) is 12.1. The summed E-state index contributed by atoms with van der Waals surface area (Å²) in [6.45, 7) is 3.77. The molecule has 12 nitrogen and oxygen atoms in total. The van der Waals surface area contributed by atoms with Gasteiger partial charge in [-0.3, -0.25) is 19.2 Å². The maximum absolute atomic E-state index is 13.9. The number of rotatable bonds is 41. The zero-order valence-electron chi connectivity index (χ0n) is 38.3. The van der Waals surface area contributed by atoms with Crippen LogP contribution in [0.5, 0.6) is 0 Å². The normalized spacial score (nSPS) is 19.0. The number of aliphatic carboxylic acids is 1. The Balaban J connectivity index is 2.69. The molecule has 0 bridgehead atoms. The van der Waals surface area contributed by atoms with E-state index in [0.29, 0.717) is 19.4 Å². The van der Waals surface area contributed by atoms with Crippen LogP contribution in [-0.2, 0) is 23.9 Å². The van der Waals surface area contributed by atoms with Crippen LogP contribution in [0.15, 0.2) is 0 Å². The van der Waals surface area contributed by atoms with Gasteiger partial charge in [0.05, 0.1) is 19.6 Å². The molecule has 1 saturated heterocycles. The number of ether oxygens (including phenoxy) is 1. The Hall–Kier alpha value is -2.28. The summed E-state index contributed by atoms with van der Waals surface area (Å²) >= 11 is 0. The van der Waals surface area contributed by atoms with E-state index in [1.807, 2.05) is 0 Å². The number of aliphatic hydroxyl groups excluding tert-OH is 3. The van der Waals surface area contributed by atoms with Crippen LogP contribution in [-0.4, -0.2) is 99.3 Å². The highest BCUT2D eigenvalue weighted by molar-refractivity contribution is 5.86. The van der Waals surface area contributed by atoms with E-state index in [2.05, 4.69) is 24.5 Å². The summed E-state index contributed by atoms with van der Waals surface area (Å²) in [5.41, 5.74) is 0. The van der Waals surface area contributed by atoms with Crippen LogP contribution < -0.4 is 10.6 Å². The number of hydrogen-bond donors (Lipinski definition) is 6. The number of aliphatic hydroxyl groups is 3. The first kappa shape index (κ1) is 55.7. The summed E-state index contributed by atoms with van der Waals surface area (Å²) in [5.74, 6) is -2.61. The number of unbranched alkanes of at least 4 members (excludes halogenated alkanes) is 29. The van der Waals surface area contributed by atoms with E-state index in [-0.39, 0.29) is 25.2 Å². The average Bonchev–Trinajstić information content (AvgIpc) is 3.23. The maximum atomic E-state index is 13.9. The summed E-state index contributed by atoms with van der Waals surface area (Å²) in [6.07, 6.45) is 32.1. The summed E-state index contributed by atoms with van der Waals surface area (Å²) in [7, 11) is 0. The zero-order valence-corrected chi connectivity index (χ0v) is 38.3. The lowest BCUT2D eigenvalue weighted by atomic mass is 9.94. The standard InChI is InChI=1S/C48H91N3O9/c1-3-5-7-9-11-13-15-17-19-21-23-25-27-29-31-33-37-51(43(55)34-32-30-28-26-24-22-20-18-16-14-12-10-8-6-4-2)48-45(47(59)46(58)40(39-52)60-48)50-42(54)38-49-41(53)35-36-44(56)57/h40,45-48,52,58-59H,3-39H2,1-2H3,(H,49,53)(H,50,54)(H,56,57)/t40-,45+,46-,47-,48-/m1/s1. The fraction of sp³-hybridized carbons (Fsp3) is 0.917. The lowest BCUT2D eigenvalue weighted by Crippen LogP contribution is -2.69. The van der Waals surface area contributed by atoms with Crippen LogP contribution in [0.1, 0.15) is 232 Å². The van der Waals surface area contributed by atoms with Crippen molar-refractivity contribution in [3.63, 3.8) is 0 Å². The summed E-state index contributed by atoms with van der Waals surface area (Å²) in [5, 5.41) is 45.9. The van der Waals surface area contributed by atoms with E-state index in [1.54, 1.807) is 4.90 Å². The van der Waals surface area contributed by atoms with Gasteiger partial charge in [0.15, 0.2) is 6.23 Å². The quantitative estimate of drug-likeness (QED) is 0.0326. The molecular weight excluding hydrogens is 763 g/mol. The SMILES string of the molecule is CCCCCCCCCCCCCCCCCCN(C(=O)CCCCCCCCCCCCCCCCC)[C@@H]1O[C@H](CO)[C@@H](O)[C@H](O)[C@@H]1NC(=O)CNC(=O)CCC(=O)O. The van der Waals surface area contributed by atoms with E-state index >= 15 is 0 Å². The Labute approximate surface area is 365 Å². The maximum Gasteiger partial charge on any atom is 0.303 e. The summed E-state index contributed by atoms with van der Waals surface area (Å²) in [4.78, 5) is 51.4. The first-order valence-corrected chi connectivity index (χ1v) is 24.9. The van der Waals surface area contributed by atoms with Crippen molar-refractivity contribution < 1.29 is 44.3 Å². The number of nitrogens with one attached hydrogen (secondary N) is 2. The first-order valence-electron chi connectivity index (χ1n) is 24.9. The van der Waals surface area contributed by atoms with Gasteiger partial charge < -0.3 is 40.7 Å². The van der Waals surface area contributed by atoms with Gasteiger partial charge in [-0.05, 0) is 12.8 Å². The van der Waals surface area contributed by atoms with Gasteiger partial charge in [-0.25, -0.2) is 0 Å². The lowest BCUT2D eigenvalue weighted by molar-refractivity contribution is -0.231. The zero-order chi connectivity index (χ0) is 44.1. The molecule has 5 atom stereocenters. The second-order valence-electron chi connectivity index (χ2n) is 17.6. The number of carboxylic acids is 1. The molecular formula is C48H91N3O9. The molecule has 352 valence electrons. The number of amides is 3. The molecule has 1 fully saturated rings. The Bertz CT molecular complexity index is 1080. The number of carboxylic acid groups (broad SMARTS) is 1. The molecule has 6 N–H and O–H groups in total. The number of hydrogen-bond acceptors (Lipinski definition) is 8. The van der Waals surface area contributed by atoms with Crippen LogP contribution in [0, 0.1) is 0 Å². The molecule has 0 aromatic rings. The van der Waals surface area contributed by atoms with Gasteiger partial charge in [0, 0.05) is 19.4 Å². The Morgan fingerprint density at radius 3 is 1.32 bits per heavy atom. The van der Waals surface area contributed by atoms with Gasteiger partial charge in [0.2, 0.25) is 17.7 Å². The van der Waals surface area contributed by atoms with Gasteiger partial charge in [-0.15, -0.1) is 0 Å². The molecule has 0 spiro atoms. The molecule has 1 aliphatic heterocycles. The molecule has 0 radical (unpaired) electrons. The van der Waals surface area contributed by atoms with Crippen molar-refractivity contribution in [3.05, 3.63) is 0 Å². The van der Waals surface area contributed by atoms with E-state index in [9.17, 15) is 34.5 Å². The minimum absolute atomic E-state index is 0.169. The third kappa shape index (κ3) is 28.3. The number of carbonyl (C=O) groups excluding carboxylic acids is 3. The number of carbonyl (C=O) groups is 4. The van der Waals surface area contributed by atoms with Gasteiger partial charge in [0.25, 0.3) is 0 Å². The minimum atomic E-state index is -1.56. The van der Waals surface area contributed by atoms with Gasteiger partial charge in [0.1, 0.15) is 24.4 Å². The topological polar surface area (TPSA) is 186 Å². The highest BCUT2D eigenvalue weighted by Crippen LogP contribution is 2.26. The highest BCUT2D eigenvalue weighted by Gasteiger charge is 2.48. The minimum Gasteiger partial charge on any atom is -0.481 e. The molecule has 60 heavy (non-hydrogen) atoms. The predicted octanol–water partition coefficient (Wildman–Crippen LogP) is 9.24. The lowest BCUT2D eigenvalue weighted by Gasteiger charge is -2.47. The Kier molecular flexibility index (Phi) is 35.7. The molecule has 1 aliphatic rings. The van der Waals surface area contributed by atoms with Crippen molar-refractivity contribution >= 4 is 23.7 Å². The van der Waals surface area contributed by atoms with E-state index in [4.69, 9.17) is 9.84 Å². The van der Waals surface area contributed by atoms with Gasteiger partial charge in [-0.1, -0.05) is 200 Å².